The van der Waals surface area contributed by atoms with Gasteiger partial charge in [-0.05, 0) is 25.7 Å². The van der Waals surface area contributed by atoms with Gasteiger partial charge in [-0.3, -0.25) is 4.79 Å². The SMILES string of the molecule is CC(CN)(NC(=O)CCOCC(F)(F)F)C1CC1. The van der Waals surface area contributed by atoms with Gasteiger partial charge in [-0.15, -0.1) is 0 Å². The molecule has 18 heavy (non-hydrogen) atoms. The highest BCUT2D eigenvalue weighted by Gasteiger charge is 2.41. The summed E-state index contributed by atoms with van der Waals surface area (Å²) in [6.45, 7) is 0.625. The van der Waals surface area contributed by atoms with Crippen LogP contribution in [0.3, 0.4) is 0 Å². The fourth-order valence-electron chi connectivity index (χ4n) is 1.77. The second-order valence-corrected chi connectivity index (χ2v) is 4.86. The minimum absolute atomic E-state index is 0.0849. The van der Waals surface area contributed by atoms with Gasteiger partial charge in [0.15, 0.2) is 0 Å². The van der Waals surface area contributed by atoms with Gasteiger partial charge in [0.25, 0.3) is 0 Å². The molecule has 1 fully saturated rings. The number of carbonyl (C=O) groups excluding carboxylic acids is 1. The topological polar surface area (TPSA) is 64.3 Å². The van der Waals surface area contributed by atoms with E-state index in [9.17, 15) is 18.0 Å². The number of nitrogens with one attached hydrogen (secondary N) is 1. The van der Waals surface area contributed by atoms with Crippen LogP contribution in [-0.4, -0.2) is 37.4 Å². The summed E-state index contributed by atoms with van der Waals surface area (Å²) in [6.07, 6.45) is -2.38. The third kappa shape index (κ3) is 5.22. The molecule has 4 nitrogen and oxygen atoms in total. The Labute approximate surface area is 104 Å². The van der Waals surface area contributed by atoms with Gasteiger partial charge in [0.1, 0.15) is 6.61 Å². The average Bonchev–Trinajstić information content (AvgIpc) is 3.07. The fourth-order valence-corrected chi connectivity index (χ4v) is 1.77. The Morgan fingerprint density at radius 2 is 2.06 bits per heavy atom. The summed E-state index contributed by atoms with van der Waals surface area (Å²) in [7, 11) is 0. The maximum absolute atomic E-state index is 11.8. The van der Waals surface area contributed by atoms with Crippen LogP contribution in [0.2, 0.25) is 0 Å². The Morgan fingerprint density at radius 3 is 2.50 bits per heavy atom. The smallest absolute Gasteiger partial charge is 0.372 e. The third-order valence-electron chi connectivity index (χ3n) is 3.07. The highest BCUT2D eigenvalue weighted by Crippen LogP contribution is 2.38. The van der Waals surface area contributed by atoms with Crippen molar-refractivity contribution in [3.05, 3.63) is 0 Å². The van der Waals surface area contributed by atoms with Gasteiger partial charge in [-0.2, -0.15) is 13.2 Å². The molecule has 0 spiro atoms. The standard InChI is InChI=1S/C11H19F3N2O2/c1-10(6-15,8-2-3-8)16-9(17)4-5-18-7-11(12,13)14/h8H,2-7,15H2,1H3,(H,16,17). The van der Waals surface area contributed by atoms with Gasteiger partial charge in [0, 0.05) is 13.0 Å². The Balaban J connectivity index is 2.21. The lowest BCUT2D eigenvalue weighted by Crippen LogP contribution is -2.53. The number of ether oxygens (including phenoxy) is 1. The van der Waals surface area contributed by atoms with E-state index in [1.54, 1.807) is 0 Å². The molecule has 1 rings (SSSR count). The number of carbonyl (C=O) groups is 1. The summed E-state index contributed by atoms with van der Waals surface area (Å²) in [5.41, 5.74) is 5.17. The maximum atomic E-state index is 11.8. The fraction of sp³-hybridized carbons (Fsp3) is 0.909. The van der Waals surface area contributed by atoms with Crippen molar-refractivity contribution in [2.75, 3.05) is 19.8 Å². The van der Waals surface area contributed by atoms with E-state index >= 15 is 0 Å². The second kappa shape index (κ2) is 5.88. The van der Waals surface area contributed by atoms with Gasteiger partial charge >= 0.3 is 6.18 Å². The molecule has 0 heterocycles. The highest BCUT2D eigenvalue weighted by atomic mass is 19.4. The number of nitrogens with two attached hydrogens (primary N) is 1. The van der Waals surface area contributed by atoms with Gasteiger partial charge in [-0.1, -0.05) is 0 Å². The van der Waals surface area contributed by atoms with E-state index in [1.165, 1.54) is 0 Å². The number of rotatable bonds is 7. The van der Waals surface area contributed by atoms with Crippen LogP contribution in [0.25, 0.3) is 0 Å². The van der Waals surface area contributed by atoms with Crippen LogP contribution in [0.5, 0.6) is 0 Å². The lowest BCUT2D eigenvalue weighted by Gasteiger charge is -2.29. The molecule has 1 aliphatic rings. The number of hydrogen-bond acceptors (Lipinski definition) is 3. The minimum Gasteiger partial charge on any atom is -0.372 e. The van der Waals surface area contributed by atoms with E-state index in [1.807, 2.05) is 6.92 Å². The van der Waals surface area contributed by atoms with Gasteiger partial charge in [0.2, 0.25) is 5.91 Å². The quantitative estimate of drug-likeness (QED) is 0.682. The average molecular weight is 268 g/mol. The first-order valence-electron chi connectivity index (χ1n) is 5.92. The molecule has 7 heteroatoms. The molecule has 106 valence electrons. The molecule has 0 aromatic heterocycles. The van der Waals surface area contributed by atoms with Crippen LogP contribution >= 0.6 is 0 Å². The molecule has 0 aromatic carbocycles. The van der Waals surface area contributed by atoms with Crippen LogP contribution in [-0.2, 0) is 9.53 Å². The van der Waals surface area contributed by atoms with Crippen molar-refractivity contribution < 1.29 is 22.7 Å². The zero-order valence-electron chi connectivity index (χ0n) is 10.3. The lowest BCUT2D eigenvalue weighted by molar-refractivity contribution is -0.174. The zero-order chi connectivity index (χ0) is 13.8. The van der Waals surface area contributed by atoms with Gasteiger partial charge < -0.3 is 15.8 Å². The van der Waals surface area contributed by atoms with Crippen molar-refractivity contribution in [2.45, 2.75) is 37.9 Å². The molecule has 0 radical (unpaired) electrons. The van der Waals surface area contributed by atoms with Crippen molar-refractivity contribution in [1.82, 2.24) is 5.32 Å². The first kappa shape index (κ1) is 15.2. The Kier molecular flexibility index (Phi) is 4.98. The first-order chi connectivity index (χ1) is 8.27. The molecule has 1 atom stereocenters. The number of hydrogen-bond donors (Lipinski definition) is 2. The lowest BCUT2D eigenvalue weighted by atomic mass is 9.96. The predicted molar refractivity (Wildman–Crippen MR) is 59.8 cm³/mol. The summed E-state index contributed by atoms with van der Waals surface area (Å²) in [6, 6.07) is 0. The summed E-state index contributed by atoms with van der Waals surface area (Å²) < 4.78 is 39.7. The molecule has 1 amide bonds. The van der Waals surface area contributed by atoms with Gasteiger partial charge in [0.05, 0.1) is 12.1 Å². The molecule has 0 saturated heterocycles. The largest absolute Gasteiger partial charge is 0.411 e. The Bertz CT molecular complexity index is 293. The summed E-state index contributed by atoms with van der Waals surface area (Å²) in [4.78, 5) is 11.5. The second-order valence-electron chi connectivity index (χ2n) is 4.86. The van der Waals surface area contributed by atoms with Crippen LogP contribution in [0, 0.1) is 5.92 Å². The maximum Gasteiger partial charge on any atom is 0.411 e. The molecule has 1 unspecified atom stereocenters. The van der Waals surface area contributed by atoms with E-state index in [0.29, 0.717) is 12.5 Å². The Morgan fingerprint density at radius 1 is 1.44 bits per heavy atom. The van der Waals surface area contributed by atoms with E-state index in [2.05, 4.69) is 10.1 Å². The molecular formula is C11H19F3N2O2. The molecule has 3 N–H and O–H groups in total. The Hall–Kier alpha value is -0.820. The molecule has 0 aliphatic heterocycles. The molecule has 0 bridgehead atoms. The molecule has 1 aliphatic carbocycles. The predicted octanol–water partition coefficient (Wildman–Crippen LogP) is 1.20. The third-order valence-corrected chi connectivity index (χ3v) is 3.07. The van der Waals surface area contributed by atoms with Crippen molar-refractivity contribution in [2.24, 2.45) is 11.7 Å². The molecular weight excluding hydrogens is 249 g/mol. The molecule has 1 saturated carbocycles. The normalized spacial score (nSPS) is 19.4. The zero-order valence-corrected chi connectivity index (χ0v) is 10.3. The van der Waals surface area contributed by atoms with Crippen molar-refractivity contribution in [3.8, 4) is 0 Å². The molecule has 0 aromatic rings. The number of halogens is 3. The highest BCUT2D eigenvalue weighted by molar-refractivity contribution is 5.77. The first-order valence-corrected chi connectivity index (χ1v) is 5.92. The minimum atomic E-state index is -4.35. The van der Waals surface area contributed by atoms with Crippen LogP contribution < -0.4 is 11.1 Å². The number of amides is 1. The summed E-state index contributed by atoms with van der Waals surface area (Å²) in [5, 5.41) is 2.78. The van der Waals surface area contributed by atoms with Crippen LogP contribution in [0.15, 0.2) is 0 Å². The van der Waals surface area contributed by atoms with E-state index in [-0.39, 0.29) is 18.9 Å². The summed E-state index contributed by atoms with van der Waals surface area (Å²) in [5.74, 6) is 0.0552. The number of alkyl halides is 3. The van der Waals surface area contributed by atoms with Crippen molar-refractivity contribution in [1.29, 1.82) is 0 Å². The van der Waals surface area contributed by atoms with Crippen molar-refractivity contribution >= 4 is 5.91 Å². The monoisotopic (exact) mass is 268 g/mol. The van der Waals surface area contributed by atoms with E-state index in [0.717, 1.165) is 12.8 Å². The van der Waals surface area contributed by atoms with Crippen LogP contribution in [0.1, 0.15) is 26.2 Å². The van der Waals surface area contributed by atoms with Crippen molar-refractivity contribution in [3.63, 3.8) is 0 Å². The van der Waals surface area contributed by atoms with Gasteiger partial charge in [-0.25, -0.2) is 0 Å². The van der Waals surface area contributed by atoms with E-state index in [4.69, 9.17) is 5.73 Å². The summed E-state index contributed by atoms with van der Waals surface area (Å²) >= 11 is 0. The van der Waals surface area contributed by atoms with Crippen LogP contribution in [0.4, 0.5) is 13.2 Å². The van der Waals surface area contributed by atoms with E-state index < -0.39 is 18.3 Å².